The van der Waals surface area contributed by atoms with Crippen molar-refractivity contribution in [2.75, 3.05) is 6.54 Å². The van der Waals surface area contributed by atoms with Crippen LogP contribution in [0.1, 0.15) is 64.4 Å². The molecule has 0 aliphatic heterocycles. The highest BCUT2D eigenvalue weighted by atomic mass is 16.6. The Hall–Kier alpha value is -1.55. The van der Waals surface area contributed by atoms with E-state index in [1.165, 1.54) is 12.0 Å². The zero-order valence-electron chi connectivity index (χ0n) is 15.8. The van der Waals surface area contributed by atoms with Gasteiger partial charge in [-0.3, -0.25) is 0 Å². The van der Waals surface area contributed by atoms with Crippen LogP contribution >= 0.6 is 0 Å². The van der Waals surface area contributed by atoms with E-state index >= 15 is 0 Å². The molecule has 2 saturated carbocycles. The summed E-state index contributed by atoms with van der Waals surface area (Å²) in [7, 11) is 0. The first-order valence-corrected chi connectivity index (χ1v) is 9.57. The summed E-state index contributed by atoms with van der Waals surface area (Å²) in [4.78, 5) is 11.4. The normalized spacial score (nSPS) is 32.2. The molecule has 0 radical (unpaired) electrons. The number of rotatable bonds is 5. The average molecular weight is 344 g/mol. The Morgan fingerprint density at radius 1 is 1.24 bits per heavy atom. The Morgan fingerprint density at radius 3 is 2.44 bits per heavy atom. The molecular formula is C21H32N2O2. The molecule has 1 amide bonds. The molecule has 4 nitrogen and oxygen atoms in total. The second-order valence-electron chi connectivity index (χ2n) is 8.88. The Kier molecular flexibility index (Phi) is 5.10. The molecule has 4 heteroatoms. The number of benzene rings is 1. The van der Waals surface area contributed by atoms with Gasteiger partial charge < -0.3 is 15.8 Å². The molecule has 2 atom stereocenters. The van der Waals surface area contributed by atoms with Gasteiger partial charge in [0.1, 0.15) is 5.60 Å². The Labute approximate surface area is 151 Å². The topological polar surface area (TPSA) is 64.3 Å². The molecule has 0 aromatic heterocycles. The number of carbonyl (C=O) groups is 1. The number of hydrogen-bond donors (Lipinski definition) is 2. The van der Waals surface area contributed by atoms with Crippen molar-refractivity contribution in [3.05, 3.63) is 35.9 Å². The molecule has 2 aliphatic carbocycles. The third-order valence-corrected chi connectivity index (χ3v) is 6.26. The van der Waals surface area contributed by atoms with Crippen molar-refractivity contribution in [3.63, 3.8) is 0 Å². The predicted octanol–water partition coefficient (Wildman–Crippen LogP) is 4.20. The maximum Gasteiger partial charge on any atom is 0.405 e. The molecule has 3 N–H and O–H groups in total. The van der Waals surface area contributed by atoms with Crippen LogP contribution in [0, 0.1) is 11.3 Å². The Balaban J connectivity index is 1.47. The first-order chi connectivity index (χ1) is 11.8. The minimum Gasteiger partial charge on any atom is -0.443 e. The van der Waals surface area contributed by atoms with E-state index in [1.807, 2.05) is 0 Å². The molecule has 3 rings (SSSR count). The van der Waals surface area contributed by atoms with Crippen LogP contribution in [0.3, 0.4) is 0 Å². The second kappa shape index (κ2) is 6.99. The summed E-state index contributed by atoms with van der Waals surface area (Å²) in [5.74, 6) is 1.33. The summed E-state index contributed by atoms with van der Waals surface area (Å²) < 4.78 is 5.62. The predicted molar refractivity (Wildman–Crippen MR) is 100 cm³/mol. The van der Waals surface area contributed by atoms with Gasteiger partial charge >= 0.3 is 6.09 Å². The lowest BCUT2D eigenvalue weighted by Gasteiger charge is -2.47. The van der Waals surface area contributed by atoms with Gasteiger partial charge in [-0.05, 0) is 50.1 Å². The molecule has 2 unspecified atom stereocenters. The van der Waals surface area contributed by atoms with Gasteiger partial charge in [-0.2, -0.15) is 0 Å². The fourth-order valence-corrected chi connectivity index (χ4v) is 4.35. The van der Waals surface area contributed by atoms with Crippen LogP contribution in [0.25, 0.3) is 0 Å². The maximum atomic E-state index is 11.4. The highest BCUT2D eigenvalue weighted by molar-refractivity contribution is 5.65. The number of nitrogens with one attached hydrogen (secondary N) is 1. The lowest BCUT2D eigenvalue weighted by Crippen LogP contribution is -2.51. The molecule has 0 spiro atoms. The Bertz CT molecular complexity index is 586. The van der Waals surface area contributed by atoms with Gasteiger partial charge in [-0.15, -0.1) is 0 Å². The van der Waals surface area contributed by atoms with E-state index in [9.17, 15) is 4.79 Å². The highest BCUT2D eigenvalue weighted by Crippen LogP contribution is 2.47. The highest BCUT2D eigenvalue weighted by Gasteiger charge is 2.47. The van der Waals surface area contributed by atoms with E-state index < -0.39 is 11.7 Å². The van der Waals surface area contributed by atoms with E-state index in [0.29, 0.717) is 17.9 Å². The first-order valence-electron chi connectivity index (χ1n) is 9.57. The zero-order chi connectivity index (χ0) is 18.1. The van der Waals surface area contributed by atoms with E-state index in [4.69, 9.17) is 10.5 Å². The molecule has 138 valence electrons. The first kappa shape index (κ1) is 18.2. The third kappa shape index (κ3) is 4.17. The van der Waals surface area contributed by atoms with Crippen molar-refractivity contribution in [1.29, 1.82) is 0 Å². The summed E-state index contributed by atoms with van der Waals surface area (Å²) in [5.41, 5.74) is 6.29. The Morgan fingerprint density at radius 2 is 1.88 bits per heavy atom. The summed E-state index contributed by atoms with van der Waals surface area (Å²) in [5, 5.41) is 3.75. The van der Waals surface area contributed by atoms with E-state index in [1.54, 1.807) is 0 Å². The summed E-state index contributed by atoms with van der Waals surface area (Å²) >= 11 is 0. The monoisotopic (exact) mass is 344 g/mol. The fourth-order valence-electron chi connectivity index (χ4n) is 4.35. The minimum absolute atomic E-state index is 0.0880. The zero-order valence-corrected chi connectivity index (χ0v) is 15.8. The largest absolute Gasteiger partial charge is 0.443 e. The molecule has 1 aromatic rings. The number of amides is 1. The van der Waals surface area contributed by atoms with Gasteiger partial charge in [-0.25, -0.2) is 4.79 Å². The SMILES string of the molecule is CC(C)(C)C1(OC(N)=O)CCC(CNC2CC2c2ccccc2)CC1. The molecule has 25 heavy (non-hydrogen) atoms. The standard InChI is InChI=1S/C21H32N2O2/c1-20(2,3)21(25-19(22)24)11-9-15(10-12-21)14-23-18-13-17(18)16-7-5-4-6-8-16/h4-8,15,17-18,23H,9-14H2,1-3H3,(H2,22,24). The van der Waals surface area contributed by atoms with Crippen LogP contribution in [0.2, 0.25) is 0 Å². The van der Waals surface area contributed by atoms with Crippen molar-refractivity contribution >= 4 is 6.09 Å². The molecule has 1 aromatic carbocycles. The van der Waals surface area contributed by atoms with Crippen LogP contribution < -0.4 is 11.1 Å². The van der Waals surface area contributed by atoms with Gasteiger partial charge in [-0.1, -0.05) is 51.1 Å². The number of hydrogen-bond acceptors (Lipinski definition) is 3. The van der Waals surface area contributed by atoms with Crippen molar-refractivity contribution < 1.29 is 9.53 Å². The van der Waals surface area contributed by atoms with Crippen LogP contribution in [0.5, 0.6) is 0 Å². The van der Waals surface area contributed by atoms with Crippen LogP contribution in [0.15, 0.2) is 30.3 Å². The van der Waals surface area contributed by atoms with Gasteiger partial charge in [0.05, 0.1) is 0 Å². The third-order valence-electron chi connectivity index (χ3n) is 6.26. The number of ether oxygens (including phenoxy) is 1. The van der Waals surface area contributed by atoms with Crippen molar-refractivity contribution in [2.24, 2.45) is 17.1 Å². The summed E-state index contributed by atoms with van der Waals surface area (Å²) in [6.45, 7) is 7.49. The smallest absolute Gasteiger partial charge is 0.405 e. The van der Waals surface area contributed by atoms with E-state index in [0.717, 1.165) is 32.2 Å². The molecule has 2 fully saturated rings. The molecule has 0 saturated heterocycles. The number of carbonyl (C=O) groups excluding carboxylic acids is 1. The van der Waals surface area contributed by atoms with Crippen LogP contribution in [-0.4, -0.2) is 24.3 Å². The quantitative estimate of drug-likeness (QED) is 0.841. The van der Waals surface area contributed by atoms with Gasteiger partial charge in [0, 0.05) is 17.4 Å². The second-order valence-corrected chi connectivity index (χ2v) is 8.88. The van der Waals surface area contributed by atoms with Crippen LogP contribution in [-0.2, 0) is 4.74 Å². The van der Waals surface area contributed by atoms with E-state index in [-0.39, 0.29) is 5.41 Å². The molecule has 0 heterocycles. The number of primary amides is 1. The van der Waals surface area contributed by atoms with Crippen molar-refractivity contribution in [2.45, 2.75) is 70.4 Å². The van der Waals surface area contributed by atoms with Gasteiger partial charge in [0.25, 0.3) is 0 Å². The average Bonchev–Trinajstić information content (AvgIpc) is 3.33. The van der Waals surface area contributed by atoms with Crippen molar-refractivity contribution in [3.8, 4) is 0 Å². The van der Waals surface area contributed by atoms with E-state index in [2.05, 4.69) is 56.4 Å². The van der Waals surface area contributed by atoms with Gasteiger partial charge in [0.15, 0.2) is 0 Å². The maximum absolute atomic E-state index is 11.4. The van der Waals surface area contributed by atoms with Crippen molar-refractivity contribution in [1.82, 2.24) is 5.32 Å². The molecular weight excluding hydrogens is 312 g/mol. The molecule has 2 aliphatic rings. The van der Waals surface area contributed by atoms with Crippen LogP contribution in [0.4, 0.5) is 4.79 Å². The fraction of sp³-hybridized carbons (Fsp3) is 0.667. The summed E-state index contributed by atoms with van der Waals surface area (Å²) in [6.07, 6.45) is 4.57. The van der Waals surface area contributed by atoms with Gasteiger partial charge in [0.2, 0.25) is 0 Å². The lowest BCUT2D eigenvalue weighted by atomic mass is 9.66. The lowest BCUT2D eigenvalue weighted by molar-refractivity contribution is -0.0965. The number of nitrogens with two attached hydrogens (primary N) is 1. The summed E-state index contributed by atoms with van der Waals surface area (Å²) in [6, 6.07) is 11.4. The molecule has 0 bridgehead atoms. The minimum atomic E-state index is -0.643.